The summed E-state index contributed by atoms with van der Waals surface area (Å²) in [6.45, 7) is 0. The van der Waals surface area contributed by atoms with Crippen molar-refractivity contribution in [2.24, 2.45) is 0 Å². The van der Waals surface area contributed by atoms with E-state index in [9.17, 15) is 0 Å². The molecule has 0 heterocycles. The van der Waals surface area contributed by atoms with E-state index in [2.05, 4.69) is 66.7 Å². The van der Waals surface area contributed by atoms with E-state index < -0.39 is 0 Å². The van der Waals surface area contributed by atoms with Crippen LogP contribution in [0.4, 0.5) is 0 Å². The van der Waals surface area contributed by atoms with Gasteiger partial charge in [0.15, 0.2) is 0 Å². The van der Waals surface area contributed by atoms with Crippen molar-refractivity contribution < 1.29 is 0 Å². The molecular formula is C15H17Si. The molecule has 0 fully saturated rings. The van der Waals surface area contributed by atoms with Gasteiger partial charge in [0, 0.05) is 16.2 Å². The van der Waals surface area contributed by atoms with Gasteiger partial charge in [0.05, 0.1) is 0 Å². The summed E-state index contributed by atoms with van der Waals surface area (Å²) in [6.07, 6.45) is 1.15. The summed E-state index contributed by atoms with van der Waals surface area (Å²) in [5, 5.41) is 0. The Bertz CT molecular complexity index is 368. The van der Waals surface area contributed by atoms with Crippen LogP contribution < -0.4 is 0 Å². The first-order chi connectivity index (χ1) is 7.92. The molecule has 2 rings (SSSR count). The van der Waals surface area contributed by atoms with Crippen LogP contribution in [0.15, 0.2) is 60.7 Å². The van der Waals surface area contributed by atoms with Gasteiger partial charge in [-0.05, 0) is 17.5 Å². The van der Waals surface area contributed by atoms with E-state index in [0.717, 1.165) is 16.7 Å². The zero-order chi connectivity index (χ0) is 11.2. The van der Waals surface area contributed by atoms with E-state index >= 15 is 0 Å². The molecule has 0 bridgehead atoms. The average Bonchev–Trinajstić information content (AvgIpc) is 2.38. The highest BCUT2D eigenvalue weighted by molar-refractivity contribution is 6.14. The fourth-order valence-electron chi connectivity index (χ4n) is 2.07. The van der Waals surface area contributed by atoms with Crippen LogP contribution >= 0.6 is 0 Å². The van der Waals surface area contributed by atoms with Gasteiger partial charge < -0.3 is 0 Å². The van der Waals surface area contributed by atoms with Gasteiger partial charge in [-0.1, -0.05) is 66.7 Å². The van der Waals surface area contributed by atoms with Crippen LogP contribution in [0.1, 0.15) is 23.5 Å². The second-order valence-electron chi connectivity index (χ2n) is 4.02. The molecule has 1 heteroatoms. The number of hydrogen-bond donors (Lipinski definition) is 0. The van der Waals surface area contributed by atoms with E-state index in [0.29, 0.717) is 5.92 Å². The molecule has 0 aliphatic rings. The van der Waals surface area contributed by atoms with Crippen molar-refractivity contribution in [2.75, 3.05) is 0 Å². The summed E-state index contributed by atoms with van der Waals surface area (Å²) < 4.78 is 0. The highest BCUT2D eigenvalue weighted by Gasteiger charge is 2.11. The second kappa shape index (κ2) is 5.66. The molecule has 0 aliphatic heterocycles. The van der Waals surface area contributed by atoms with Gasteiger partial charge in [-0.25, -0.2) is 0 Å². The molecule has 2 aromatic carbocycles. The number of hydrogen-bond acceptors (Lipinski definition) is 0. The Balaban J connectivity index is 2.31. The van der Waals surface area contributed by atoms with E-state index in [1.165, 1.54) is 11.1 Å². The molecule has 2 aromatic rings. The molecule has 0 spiro atoms. The van der Waals surface area contributed by atoms with Crippen LogP contribution in [0.25, 0.3) is 0 Å². The topological polar surface area (TPSA) is 0 Å². The number of benzene rings is 2. The lowest BCUT2D eigenvalue weighted by molar-refractivity contribution is 0.817. The van der Waals surface area contributed by atoms with Crippen LogP contribution in [-0.2, 0) is 0 Å². The van der Waals surface area contributed by atoms with Crippen molar-refractivity contribution in [3.63, 3.8) is 0 Å². The van der Waals surface area contributed by atoms with Gasteiger partial charge in [-0.2, -0.15) is 0 Å². The molecule has 1 radical (unpaired) electrons. The molecule has 16 heavy (non-hydrogen) atoms. The highest BCUT2D eigenvalue weighted by atomic mass is 28.1. The van der Waals surface area contributed by atoms with Gasteiger partial charge in [-0.3, -0.25) is 0 Å². The summed E-state index contributed by atoms with van der Waals surface area (Å²) >= 11 is 0. The van der Waals surface area contributed by atoms with Crippen molar-refractivity contribution >= 4 is 10.2 Å². The number of rotatable bonds is 4. The lowest BCUT2D eigenvalue weighted by atomic mass is 9.89. The van der Waals surface area contributed by atoms with Crippen molar-refractivity contribution in [3.05, 3.63) is 77.8 Å². The van der Waals surface area contributed by atoms with Crippen molar-refractivity contribution in [2.45, 2.75) is 12.3 Å². The van der Waals surface area contributed by atoms with Gasteiger partial charge in [-0.15, -0.1) is 0 Å². The van der Waals surface area contributed by atoms with Crippen molar-refractivity contribution in [3.8, 4) is 0 Å². The molecule has 0 unspecified atom stereocenters. The Labute approximate surface area is 101 Å². The van der Waals surface area contributed by atoms with E-state index in [4.69, 9.17) is 0 Å². The van der Waals surface area contributed by atoms with Gasteiger partial charge >= 0.3 is 0 Å². The minimum atomic E-state index is 0.528. The Morgan fingerprint density at radius 2 is 1.25 bits per heavy atom. The van der Waals surface area contributed by atoms with Gasteiger partial charge in [0.25, 0.3) is 0 Å². The molecule has 0 amide bonds. The molecule has 0 saturated heterocycles. The van der Waals surface area contributed by atoms with Crippen LogP contribution in [0, 0.1) is 6.04 Å². The predicted molar refractivity (Wildman–Crippen MR) is 73.6 cm³/mol. The molecule has 0 nitrogen and oxygen atoms in total. The molecule has 0 N–H and O–H groups in total. The van der Waals surface area contributed by atoms with Crippen LogP contribution in [0.2, 0.25) is 0 Å². The Hall–Kier alpha value is -1.34. The maximum atomic E-state index is 2.38. The lowest BCUT2D eigenvalue weighted by Gasteiger charge is -2.16. The minimum absolute atomic E-state index is 0.528. The first kappa shape index (κ1) is 11.2. The SMILES string of the molecule is [SiH3][CH]CC(c1ccccc1)c1ccccc1. The standard InChI is InChI=1S/C15H17Si/c16-12-11-15(13-7-3-1-4-8-13)14-9-5-2-6-10-14/h1-10,12,15H,11H2,16H3. The van der Waals surface area contributed by atoms with Crippen LogP contribution in [-0.4, -0.2) is 10.2 Å². The normalized spacial score (nSPS) is 10.8. The molecule has 0 atom stereocenters. The van der Waals surface area contributed by atoms with E-state index in [1.807, 2.05) is 0 Å². The fraction of sp³-hybridized carbons (Fsp3) is 0.133. The first-order valence-electron chi connectivity index (χ1n) is 5.79. The summed E-state index contributed by atoms with van der Waals surface area (Å²) in [4.78, 5) is 0. The third-order valence-electron chi connectivity index (χ3n) is 2.88. The zero-order valence-electron chi connectivity index (χ0n) is 9.64. The van der Waals surface area contributed by atoms with Gasteiger partial charge in [0.1, 0.15) is 0 Å². The molecular weight excluding hydrogens is 208 g/mol. The molecule has 0 aliphatic carbocycles. The molecule has 0 saturated carbocycles. The summed E-state index contributed by atoms with van der Waals surface area (Å²) in [5.41, 5.74) is 2.83. The van der Waals surface area contributed by atoms with Crippen molar-refractivity contribution in [1.29, 1.82) is 0 Å². The maximum absolute atomic E-state index is 2.38. The fourth-order valence-corrected chi connectivity index (χ4v) is 2.54. The van der Waals surface area contributed by atoms with Gasteiger partial charge in [0.2, 0.25) is 0 Å². The molecule has 81 valence electrons. The quantitative estimate of drug-likeness (QED) is 0.702. The third kappa shape index (κ3) is 2.61. The Morgan fingerprint density at radius 3 is 1.62 bits per heavy atom. The second-order valence-corrected chi connectivity index (χ2v) is 4.83. The van der Waals surface area contributed by atoms with E-state index in [-0.39, 0.29) is 0 Å². The van der Waals surface area contributed by atoms with E-state index in [1.54, 1.807) is 0 Å². The summed E-state index contributed by atoms with van der Waals surface area (Å²) in [5.74, 6) is 0.528. The van der Waals surface area contributed by atoms with Crippen molar-refractivity contribution in [1.82, 2.24) is 0 Å². The Morgan fingerprint density at radius 1 is 0.812 bits per heavy atom. The molecule has 0 aromatic heterocycles. The summed E-state index contributed by atoms with van der Waals surface area (Å²) in [7, 11) is 1.16. The summed E-state index contributed by atoms with van der Waals surface area (Å²) in [6, 6.07) is 23.9. The Kier molecular flexibility index (Phi) is 3.95. The lowest BCUT2D eigenvalue weighted by Crippen LogP contribution is -2.01. The maximum Gasteiger partial charge on any atom is 0.00889 e. The van der Waals surface area contributed by atoms with Crippen LogP contribution in [0.3, 0.4) is 0 Å². The van der Waals surface area contributed by atoms with Crippen LogP contribution in [0.5, 0.6) is 0 Å². The first-order valence-corrected chi connectivity index (χ1v) is 6.95. The minimum Gasteiger partial charge on any atom is -0.0622 e. The average molecular weight is 225 g/mol. The highest BCUT2D eigenvalue weighted by Crippen LogP contribution is 2.27. The zero-order valence-corrected chi connectivity index (χ0v) is 11.6. The predicted octanol–water partition coefficient (Wildman–Crippen LogP) is 2.74. The smallest absolute Gasteiger partial charge is 0.00889 e. The largest absolute Gasteiger partial charge is 0.0622 e. The third-order valence-corrected chi connectivity index (χ3v) is 3.35. The monoisotopic (exact) mass is 225 g/mol.